The van der Waals surface area contributed by atoms with Gasteiger partial charge >= 0.3 is 0 Å². The van der Waals surface area contributed by atoms with Crippen molar-refractivity contribution in [3.63, 3.8) is 0 Å². The van der Waals surface area contributed by atoms with Crippen LogP contribution in [0.4, 0.5) is 0 Å². The Balaban J connectivity index is 1.40. The molecule has 9 heteroatoms. The first-order valence-electron chi connectivity index (χ1n) is 9.56. The maximum absolute atomic E-state index is 12.7. The van der Waals surface area contributed by atoms with E-state index in [1.807, 2.05) is 23.7 Å². The van der Waals surface area contributed by atoms with E-state index in [0.717, 1.165) is 46.0 Å². The number of aromatic nitrogens is 6. The SMILES string of the molecule is C[C@H]1CCc2c(sc3nc(CSc4nnc(-c5ccncc5)n4C)[nH]c(=O)c23)C1. The summed E-state index contributed by atoms with van der Waals surface area (Å²) in [5.74, 6) is 2.67. The van der Waals surface area contributed by atoms with Crippen molar-refractivity contribution >= 4 is 33.3 Å². The number of hydrogen-bond acceptors (Lipinski definition) is 7. The number of nitrogens with zero attached hydrogens (tertiary/aromatic N) is 5. The minimum absolute atomic E-state index is 0.0203. The van der Waals surface area contributed by atoms with Crippen LogP contribution in [-0.4, -0.2) is 29.7 Å². The predicted octanol–water partition coefficient (Wildman–Crippen LogP) is 3.59. The molecule has 5 rings (SSSR count). The van der Waals surface area contributed by atoms with Gasteiger partial charge in [-0.05, 0) is 42.9 Å². The highest BCUT2D eigenvalue weighted by Gasteiger charge is 2.23. The minimum Gasteiger partial charge on any atom is -0.309 e. The Morgan fingerprint density at radius 1 is 1.31 bits per heavy atom. The molecule has 1 N–H and O–H groups in total. The summed E-state index contributed by atoms with van der Waals surface area (Å²) in [7, 11) is 1.94. The van der Waals surface area contributed by atoms with Crippen molar-refractivity contribution in [2.75, 3.05) is 0 Å². The van der Waals surface area contributed by atoms with Gasteiger partial charge in [-0.25, -0.2) is 4.98 Å². The molecule has 1 aliphatic rings. The fraction of sp³-hybridized carbons (Fsp3) is 0.350. The van der Waals surface area contributed by atoms with Gasteiger partial charge in [0.15, 0.2) is 11.0 Å². The zero-order valence-corrected chi connectivity index (χ0v) is 17.8. The van der Waals surface area contributed by atoms with Gasteiger partial charge in [-0.2, -0.15) is 0 Å². The Hall–Kier alpha value is -2.52. The van der Waals surface area contributed by atoms with Crippen LogP contribution in [0.1, 0.15) is 29.6 Å². The van der Waals surface area contributed by atoms with E-state index >= 15 is 0 Å². The minimum atomic E-state index is -0.0203. The summed E-state index contributed by atoms with van der Waals surface area (Å²) in [4.78, 5) is 26.7. The van der Waals surface area contributed by atoms with Gasteiger partial charge in [-0.3, -0.25) is 9.78 Å². The largest absolute Gasteiger partial charge is 0.309 e. The van der Waals surface area contributed by atoms with Crippen LogP contribution in [0.25, 0.3) is 21.6 Å². The molecule has 0 saturated heterocycles. The monoisotopic (exact) mass is 424 g/mol. The lowest BCUT2D eigenvalue weighted by atomic mass is 9.89. The van der Waals surface area contributed by atoms with Crippen LogP contribution in [0.5, 0.6) is 0 Å². The molecule has 1 aliphatic carbocycles. The summed E-state index contributed by atoms with van der Waals surface area (Å²) in [5, 5.41) is 10.2. The van der Waals surface area contributed by atoms with Crippen LogP contribution >= 0.6 is 23.1 Å². The van der Waals surface area contributed by atoms with Crippen LogP contribution in [0.15, 0.2) is 34.5 Å². The fourth-order valence-corrected chi connectivity index (χ4v) is 5.97. The molecule has 1 atom stereocenters. The summed E-state index contributed by atoms with van der Waals surface area (Å²) in [6, 6.07) is 3.82. The van der Waals surface area contributed by atoms with Crippen molar-refractivity contribution in [3.05, 3.63) is 51.1 Å². The first-order chi connectivity index (χ1) is 14.1. The van der Waals surface area contributed by atoms with Crippen molar-refractivity contribution in [2.24, 2.45) is 13.0 Å². The van der Waals surface area contributed by atoms with Crippen molar-refractivity contribution in [1.82, 2.24) is 29.7 Å². The lowest BCUT2D eigenvalue weighted by molar-refractivity contribution is 0.509. The third-order valence-corrected chi connectivity index (χ3v) is 7.51. The van der Waals surface area contributed by atoms with Gasteiger partial charge in [0.05, 0.1) is 11.1 Å². The maximum atomic E-state index is 12.7. The topological polar surface area (TPSA) is 89.3 Å². The third-order valence-electron chi connectivity index (χ3n) is 5.33. The van der Waals surface area contributed by atoms with E-state index in [4.69, 9.17) is 4.98 Å². The Bertz CT molecular complexity index is 1240. The first kappa shape index (κ1) is 18.5. The number of fused-ring (bicyclic) bond motifs is 3. The highest BCUT2D eigenvalue weighted by Crippen LogP contribution is 2.36. The smallest absolute Gasteiger partial charge is 0.259 e. The molecule has 0 unspecified atom stereocenters. The van der Waals surface area contributed by atoms with Gasteiger partial charge in [-0.1, -0.05) is 18.7 Å². The number of H-pyrrole nitrogens is 1. The predicted molar refractivity (Wildman–Crippen MR) is 115 cm³/mol. The number of pyridine rings is 1. The number of nitrogens with one attached hydrogen (secondary N) is 1. The van der Waals surface area contributed by atoms with Gasteiger partial charge in [0.2, 0.25) is 0 Å². The number of rotatable bonds is 4. The number of aryl methyl sites for hydroxylation is 1. The van der Waals surface area contributed by atoms with Crippen LogP contribution in [0.2, 0.25) is 0 Å². The maximum Gasteiger partial charge on any atom is 0.259 e. The van der Waals surface area contributed by atoms with Crippen molar-refractivity contribution < 1.29 is 0 Å². The molecule has 0 fully saturated rings. The molecule has 4 aromatic heterocycles. The number of hydrogen-bond donors (Lipinski definition) is 1. The van der Waals surface area contributed by atoms with E-state index in [0.29, 0.717) is 17.5 Å². The van der Waals surface area contributed by atoms with Gasteiger partial charge in [-0.15, -0.1) is 21.5 Å². The summed E-state index contributed by atoms with van der Waals surface area (Å²) >= 11 is 3.19. The average Bonchev–Trinajstić information content (AvgIpc) is 3.26. The first-order valence-corrected chi connectivity index (χ1v) is 11.4. The lowest BCUT2D eigenvalue weighted by Crippen LogP contribution is -2.14. The summed E-state index contributed by atoms with van der Waals surface area (Å²) in [5.41, 5.74) is 2.16. The average molecular weight is 425 g/mol. The quantitative estimate of drug-likeness (QED) is 0.504. The zero-order valence-electron chi connectivity index (χ0n) is 16.2. The van der Waals surface area contributed by atoms with Crippen LogP contribution < -0.4 is 5.56 Å². The van der Waals surface area contributed by atoms with Gasteiger partial charge in [0.1, 0.15) is 10.7 Å². The molecule has 0 radical (unpaired) electrons. The Morgan fingerprint density at radius 2 is 2.14 bits per heavy atom. The number of aromatic amines is 1. The van der Waals surface area contributed by atoms with E-state index in [9.17, 15) is 4.79 Å². The molecule has 0 aliphatic heterocycles. The second-order valence-corrected chi connectivity index (χ2v) is 9.46. The highest BCUT2D eigenvalue weighted by atomic mass is 32.2. The summed E-state index contributed by atoms with van der Waals surface area (Å²) < 4.78 is 1.95. The lowest BCUT2D eigenvalue weighted by Gasteiger charge is -2.17. The Morgan fingerprint density at radius 3 is 2.97 bits per heavy atom. The molecule has 0 bridgehead atoms. The van der Waals surface area contributed by atoms with Crippen LogP contribution in [-0.2, 0) is 25.6 Å². The third kappa shape index (κ3) is 3.38. The molecular weight excluding hydrogens is 404 g/mol. The Labute approximate surface area is 175 Å². The van der Waals surface area contributed by atoms with Crippen molar-refractivity contribution in [2.45, 2.75) is 37.1 Å². The Kier molecular flexibility index (Phi) is 4.71. The van der Waals surface area contributed by atoms with Crippen molar-refractivity contribution in [3.8, 4) is 11.4 Å². The van der Waals surface area contributed by atoms with Gasteiger partial charge < -0.3 is 9.55 Å². The summed E-state index contributed by atoms with van der Waals surface area (Å²) in [6.45, 7) is 2.27. The molecule has 0 saturated carbocycles. The van der Waals surface area contributed by atoms with Crippen LogP contribution in [0.3, 0.4) is 0 Å². The second-order valence-electron chi connectivity index (χ2n) is 7.43. The van der Waals surface area contributed by atoms with E-state index in [-0.39, 0.29) is 5.56 Å². The summed E-state index contributed by atoms with van der Waals surface area (Å²) in [6.07, 6.45) is 6.65. The zero-order chi connectivity index (χ0) is 20.0. The van der Waals surface area contributed by atoms with E-state index in [1.165, 1.54) is 22.2 Å². The van der Waals surface area contributed by atoms with E-state index in [2.05, 4.69) is 27.1 Å². The standard InChI is InChI=1S/C20H20N6OS2/c1-11-3-4-13-14(9-11)29-19-16(13)18(27)22-15(23-19)10-28-20-25-24-17(26(20)2)12-5-7-21-8-6-12/h5-8,11H,3-4,9-10H2,1-2H3,(H,22,23,27)/t11-/m0/s1. The fourth-order valence-electron chi connectivity index (χ4n) is 3.79. The molecule has 4 heterocycles. The molecular formula is C20H20N6OS2. The molecule has 4 aromatic rings. The molecule has 0 amide bonds. The van der Waals surface area contributed by atoms with Crippen molar-refractivity contribution in [1.29, 1.82) is 0 Å². The molecule has 7 nitrogen and oxygen atoms in total. The normalized spacial score (nSPS) is 16.3. The number of thioether (sulfide) groups is 1. The van der Waals surface area contributed by atoms with E-state index < -0.39 is 0 Å². The highest BCUT2D eigenvalue weighted by molar-refractivity contribution is 7.98. The van der Waals surface area contributed by atoms with Gasteiger partial charge in [0.25, 0.3) is 5.56 Å². The number of thiophene rings is 1. The van der Waals surface area contributed by atoms with Gasteiger partial charge in [0, 0.05) is 29.9 Å². The van der Waals surface area contributed by atoms with Crippen LogP contribution in [0, 0.1) is 5.92 Å². The second kappa shape index (κ2) is 7.38. The molecule has 29 heavy (non-hydrogen) atoms. The molecule has 0 spiro atoms. The van der Waals surface area contributed by atoms with E-state index in [1.54, 1.807) is 23.7 Å². The molecule has 148 valence electrons. The molecule has 0 aromatic carbocycles.